The normalized spacial score (nSPS) is 23.6. The molecule has 2 fully saturated rings. The predicted molar refractivity (Wildman–Crippen MR) is 177 cm³/mol. The lowest BCUT2D eigenvalue weighted by atomic mass is 9.98. The van der Waals surface area contributed by atoms with Gasteiger partial charge in [-0.2, -0.15) is 0 Å². The number of carbonyl (C=O) groups is 5. The number of amides is 4. The van der Waals surface area contributed by atoms with Crippen LogP contribution in [0.15, 0.2) is 30.3 Å². The van der Waals surface area contributed by atoms with Gasteiger partial charge in [0, 0.05) is 19.4 Å². The smallest absolute Gasteiger partial charge is 0.246 e. The van der Waals surface area contributed by atoms with E-state index in [9.17, 15) is 24.0 Å². The fourth-order valence-corrected chi connectivity index (χ4v) is 6.96. The van der Waals surface area contributed by atoms with Gasteiger partial charge in [-0.05, 0) is 70.2 Å². The molecule has 2 aliphatic rings. The van der Waals surface area contributed by atoms with Crippen LogP contribution >= 0.6 is 0 Å². The molecule has 11 heteroatoms. The Morgan fingerprint density at radius 2 is 1.67 bits per heavy atom. The fraction of sp³-hybridized carbons (Fsp3) is 0.676. The third-order valence-electron chi connectivity index (χ3n) is 9.51. The van der Waals surface area contributed by atoms with Gasteiger partial charge >= 0.3 is 0 Å². The molecule has 45 heavy (non-hydrogen) atoms. The molecule has 2 aliphatic heterocycles. The monoisotopic (exact) mass is 642 g/mol. The van der Waals surface area contributed by atoms with E-state index in [0.29, 0.717) is 51.5 Å². The Bertz CT molecular complexity index is 1230. The highest BCUT2D eigenvalue weighted by Gasteiger charge is 2.42. The minimum absolute atomic E-state index is 0.0160. The first-order valence-corrected chi connectivity index (χ1v) is 19.3. The number of hydrogen-bond donors (Lipinski definition) is 3. The number of unbranched alkanes of at least 4 members (excludes halogenated alkanes) is 2. The van der Waals surface area contributed by atoms with Gasteiger partial charge < -0.3 is 25.3 Å². The Morgan fingerprint density at radius 1 is 1.00 bits per heavy atom. The summed E-state index contributed by atoms with van der Waals surface area (Å²) in [5.74, 6) is -1.52. The van der Waals surface area contributed by atoms with E-state index >= 15 is 0 Å². The molecular formula is C34H54N4O6Si. The van der Waals surface area contributed by atoms with Crippen molar-refractivity contribution >= 4 is 37.7 Å². The summed E-state index contributed by atoms with van der Waals surface area (Å²) in [7, 11) is -2.06. The Kier molecular flexibility index (Phi) is 12.2. The van der Waals surface area contributed by atoms with Crippen LogP contribution in [-0.2, 0) is 34.8 Å². The standard InChI is InChI=1S/C34H54N4O6Si/c1-23(44-45(7,8)33(2,3)4)28(39)20-14-10-13-18-25-29(40)37-34(5,6)32(43)36-26(22-24-16-11-9-12-17-24)31(42)38-21-15-19-27(38)30(41)35-25/h9,11-12,16-17,23,25-27H,10,13-15,18-22H2,1-8H3,(H,35,41)(H,36,43)(H,37,40)/t23-,25+,26+,27?/m1/s1. The van der Waals surface area contributed by atoms with E-state index in [0.717, 1.165) is 5.56 Å². The highest BCUT2D eigenvalue weighted by Crippen LogP contribution is 2.37. The van der Waals surface area contributed by atoms with Crippen LogP contribution in [0.4, 0.5) is 0 Å². The van der Waals surface area contributed by atoms with E-state index in [4.69, 9.17) is 4.43 Å². The maximum atomic E-state index is 13.8. The van der Waals surface area contributed by atoms with Crippen molar-refractivity contribution in [2.75, 3.05) is 6.54 Å². The first kappa shape index (κ1) is 36.4. The van der Waals surface area contributed by atoms with Gasteiger partial charge in [0.05, 0.1) is 0 Å². The van der Waals surface area contributed by atoms with E-state index in [-0.39, 0.29) is 29.1 Å². The number of Topliss-reactive ketones (excluding diaryl/α,β-unsaturated/α-hetero) is 1. The molecule has 0 saturated carbocycles. The zero-order chi connectivity index (χ0) is 33.6. The zero-order valence-electron chi connectivity index (χ0n) is 28.5. The maximum absolute atomic E-state index is 13.8. The van der Waals surface area contributed by atoms with Crippen molar-refractivity contribution in [1.29, 1.82) is 0 Å². The Balaban J connectivity index is 1.66. The van der Waals surface area contributed by atoms with Crippen LogP contribution < -0.4 is 16.0 Å². The van der Waals surface area contributed by atoms with Gasteiger partial charge in [0.2, 0.25) is 23.6 Å². The van der Waals surface area contributed by atoms with Crippen molar-refractivity contribution in [3.63, 3.8) is 0 Å². The molecule has 2 heterocycles. The van der Waals surface area contributed by atoms with Crippen LogP contribution in [0, 0.1) is 0 Å². The second-order valence-corrected chi connectivity index (χ2v) is 19.4. The molecule has 1 aromatic rings. The van der Waals surface area contributed by atoms with Crippen LogP contribution in [0.25, 0.3) is 0 Å². The van der Waals surface area contributed by atoms with E-state index in [1.165, 1.54) is 0 Å². The number of fused-ring (bicyclic) bond motifs is 1. The van der Waals surface area contributed by atoms with Crippen molar-refractivity contribution < 1.29 is 28.4 Å². The number of nitrogens with one attached hydrogen (secondary N) is 3. The summed E-state index contributed by atoms with van der Waals surface area (Å²) in [6.07, 6.45) is 3.62. The molecule has 4 atom stereocenters. The van der Waals surface area contributed by atoms with Crippen LogP contribution in [0.1, 0.15) is 92.1 Å². The van der Waals surface area contributed by atoms with Crippen molar-refractivity contribution in [3.05, 3.63) is 35.9 Å². The lowest BCUT2D eigenvalue weighted by Gasteiger charge is -2.38. The van der Waals surface area contributed by atoms with Crippen LogP contribution in [0.3, 0.4) is 0 Å². The summed E-state index contributed by atoms with van der Waals surface area (Å²) in [4.78, 5) is 68.6. The average molecular weight is 643 g/mol. The molecule has 0 aliphatic carbocycles. The number of rotatable bonds is 11. The van der Waals surface area contributed by atoms with Crippen LogP contribution in [-0.4, -0.2) is 78.9 Å². The summed E-state index contributed by atoms with van der Waals surface area (Å²) in [5.41, 5.74) is -0.449. The number of hydrogen-bond acceptors (Lipinski definition) is 6. The summed E-state index contributed by atoms with van der Waals surface area (Å²) in [5, 5.41) is 8.58. The second-order valence-electron chi connectivity index (χ2n) is 14.7. The van der Waals surface area contributed by atoms with Gasteiger partial charge in [0.1, 0.15) is 29.8 Å². The van der Waals surface area contributed by atoms with Crippen LogP contribution in [0.2, 0.25) is 18.1 Å². The zero-order valence-corrected chi connectivity index (χ0v) is 29.5. The van der Waals surface area contributed by atoms with E-state index < -0.39 is 49.9 Å². The SMILES string of the molecule is C[C@@H](O[Si](C)(C)C(C)(C)C)C(=O)CCCCC[C@@H]1NC(=O)C2CCCN2C(=O)[C@H](Cc2ccccc2)NC(=O)C(C)(C)NC1=O. The highest BCUT2D eigenvalue weighted by atomic mass is 28.4. The molecule has 250 valence electrons. The lowest BCUT2D eigenvalue weighted by Crippen LogP contribution is -2.64. The summed E-state index contributed by atoms with van der Waals surface area (Å²) in [6.45, 7) is 16.1. The number of benzene rings is 1. The molecule has 1 unspecified atom stereocenters. The molecule has 4 amide bonds. The van der Waals surface area contributed by atoms with Crippen molar-refractivity contribution in [1.82, 2.24) is 20.9 Å². The molecule has 0 bridgehead atoms. The third-order valence-corrected chi connectivity index (χ3v) is 14.1. The van der Waals surface area contributed by atoms with E-state index in [1.807, 2.05) is 37.3 Å². The number of ketones is 1. The number of nitrogens with zero attached hydrogens (tertiary/aromatic N) is 1. The maximum Gasteiger partial charge on any atom is 0.246 e. The molecular weight excluding hydrogens is 588 g/mol. The average Bonchev–Trinajstić information content (AvgIpc) is 3.44. The van der Waals surface area contributed by atoms with Crippen molar-refractivity contribution in [2.45, 2.75) is 141 Å². The quantitative estimate of drug-likeness (QED) is 0.247. The lowest BCUT2D eigenvalue weighted by molar-refractivity contribution is -0.144. The molecule has 1 aromatic carbocycles. The molecule has 0 aromatic heterocycles. The highest BCUT2D eigenvalue weighted by molar-refractivity contribution is 6.74. The molecule has 0 radical (unpaired) electrons. The van der Waals surface area contributed by atoms with Crippen molar-refractivity contribution in [2.24, 2.45) is 0 Å². The van der Waals surface area contributed by atoms with Crippen molar-refractivity contribution in [3.8, 4) is 0 Å². The Labute approximate surface area is 269 Å². The first-order valence-electron chi connectivity index (χ1n) is 16.4. The fourth-order valence-electron chi connectivity index (χ4n) is 5.59. The molecule has 3 N–H and O–H groups in total. The molecule has 0 spiro atoms. The first-order chi connectivity index (χ1) is 20.9. The van der Waals surface area contributed by atoms with Gasteiger partial charge in [-0.15, -0.1) is 0 Å². The largest absolute Gasteiger partial charge is 0.407 e. The summed E-state index contributed by atoms with van der Waals surface area (Å²) in [6, 6.07) is 6.94. The van der Waals surface area contributed by atoms with Gasteiger partial charge in [0.15, 0.2) is 14.1 Å². The predicted octanol–water partition coefficient (Wildman–Crippen LogP) is 4.03. The Hall–Kier alpha value is -3.05. The molecule has 3 rings (SSSR count). The topological polar surface area (TPSA) is 134 Å². The number of carbonyl (C=O) groups excluding carboxylic acids is 5. The van der Waals surface area contributed by atoms with Crippen LogP contribution in [0.5, 0.6) is 0 Å². The van der Waals surface area contributed by atoms with Gasteiger partial charge in [-0.3, -0.25) is 24.0 Å². The summed E-state index contributed by atoms with van der Waals surface area (Å²) >= 11 is 0. The third kappa shape index (κ3) is 9.72. The minimum atomic E-state index is -2.06. The van der Waals surface area contributed by atoms with Gasteiger partial charge in [-0.1, -0.05) is 63.9 Å². The van der Waals surface area contributed by atoms with E-state index in [2.05, 4.69) is 49.8 Å². The van der Waals surface area contributed by atoms with E-state index in [1.54, 1.807) is 18.7 Å². The van der Waals surface area contributed by atoms with Gasteiger partial charge in [-0.25, -0.2) is 0 Å². The second kappa shape index (κ2) is 15.0. The Morgan fingerprint density at radius 3 is 2.31 bits per heavy atom. The minimum Gasteiger partial charge on any atom is -0.407 e. The summed E-state index contributed by atoms with van der Waals surface area (Å²) < 4.78 is 6.24. The molecule has 2 saturated heterocycles. The van der Waals surface area contributed by atoms with Gasteiger partial charge in [0.25, 0.3) is 0 Å². The molecule has 10 nitrogen and oxygen atoms in total.